The van der Waals surface area contributed by atoms with Gasteiger partial charge in [-0.2, -0.15) is 0 Å². The van der Waals surface area contributed by atoms with Gasteiger partial charge in [-0.1, -0.05) is 0 Å². The van der Waals surface area contributed by atoms with Crippen molar-refractivity contribution in [3.63, 3.8) is 0 Å². The van der Waals surface area contributed by atoms with Crippen molar-refractivity contribution in [2.45, 2.75) is 12.1 Å². The lowest BCUT2D eigenvalue weighted by atomic mass is 9.99. The summed E-state index contributed by atoms with van der Waals surface area (Å²) in [5.41, 5.74) is 6.08. The first-order valence-electron chi connectivity index (χ1n) is 4.78. The first kappa shape index (κ1) is 10.1. The molecule has 0 aromatic heterocycles. The Morgan fingerprint density at radius 2 is 2.13 bits per heavy atom. The van der Waals surface area contributed by atoms with Crippen LogP contribution in [0.25, 0.3) is 0 Å². The molecule has 2 heterocycles. The molecule has 2 N–H and O–H groups in total. The second kappa shape index (κ2) is 3.63. The molecule has 6 heteroatoms. The van der Waals surface area contributed by atoms with E-state index in [4.69, 9.17) is 5.73 Å². The second-order valence-electron chi connectivity index (χ2n) is 3.90. The largest absolute Gasteiger partial charge is 0.309 e. The molecule has 0 aliphatic carbocycles. The van der Waals surface area contributed by atoms with E-state index in [2.05, 4.69) is 24.9 Å². The highest BCUT2D eigenvalue weighted by molar-refractivity contribution is 6.50. The van der Waals surface area contributed by atoms with Gasteiger partial charge in [-0.25, -0.2) is 20.0 Å². The molecule has 0 bridgehead atoms. The van der Waals surface area contributed by atoms with Gasteiger partial charge in [0, 0.05) is 13.0 Å². The Morgan fingerprint density at radius 1 is 1.33 bits per heavy atom. The van der Waals surface area contributed by atoms with Gasteiger partial charge < -0.3 is 10.6 Å². The number of amidine groups is 1. The van der Waals surface area contributed by atoms with E-state index >= 15 is 0 Å². The zero-order chi connectivity index (χ0) is 10.9. The molecule has 0 aromatic rings. The van der Waals surface area contributed by atoms with E-state index in [0.717, 1.165) is 6.54 Å². The van der Waals surface area contributed by atoms with Gasteiger partial charge in [-0.3, -0.25) is 0 Å². The van der Waals surface area contributed by atoms with Gasteiger partial charge in [0.15, 0.2) is 11.5 Å². The summed E-state index contributed by atoms with van der Waals surface area (Å²) in [5, 5.41) is 0. The highest BCUT2D eigenvalue weighted by Crippen LogP contribution is 2.18. The molecule has 0 radical (unpaired) electrons. The third kappa shape index (κ3) is 1.86. The topological polar surface area (TPSA) is 78.7 Å². The molecule has 2 aliphatic heterocycles. The van der Waals surface area contributed by atoms with Crippen LogP contribution in [-0.2, 0) is 0 Å². The molecule has 6 nitrogen and oxygen atoms in total. The third-order valence-electron chi connectivity index (χ3n) is 2.40. The maximum atomic E-state index is 6.18. The van der Waals surface area contributed by atoms with Gasteiger partial charge in [-0.05, 0) is 14.1 Å². The number of fused-ring (bicyclic) bond motifs is 1. The number of nitrogens with two attached hydrogens (primary N) is 1. The normalized spacial score (nSPS) is 28.0. The minimum absolute atomic E-state index is 0.589. The van der Waals surface area contributed by atoms with Crippen molar-refractivity contribution < 1.29 is 0 Å². The van der Waals surface area contributed by atoms with Crippen LogP contribution in [0.1, 0.15) is 6.42 Å². The smallest absolute Gasteiger partial charge is 0.180 e. The summed E-state index contributed by atoms with van der Waals surface area (Å²) in [4.78, 5) is 18.4. The van der Waals surface area contributed by atoms with Crippen molar-refractivity contribution in [1.29, 1.82) is 0 Å². The lowest BCUT2D eigenvalue weighted by Gasteiger charge is -2.27. The molecule has 0 amide bonds. The third-order valence-corrected chi connectivity index (χ3v) is 2.40. The highest BCUT2D eigenvalue weighted by Gasteiger charge is 2.37. The Morgan fingerprint density at radius 3 is 2.87 bits per heavy atom. The van der Waals surface area contributed by atoms with Crippen molar-refractivity contribution >= 4 is 24.2 Å². The predicted molar refractivity (Wildman–Crippen MR) is 61.9 cm³/mol. The number of hydrogen-bond donors (Lipinski definition) is 1. The molecule has 0 saturated carbocycles. The zero-order valence-electron chi connectivity index (χ0n) is 8.88. The van der Waals surface area contributed by atoms with Gasteiger partial charge in [0.25, 0.3) is 0 Å². The summed E-state index contributed by atoms with van der Waals surface area (Å²) in [5.74, 6) is 0.589. The van der Waals surface area contributed by atoms with E-state index in [1.54, 1.807) is 0 Å². The van der Waals surface area contributed by atoms with Crippen molar-refractivity contribution in [1.82, 2.24) is 4.90 Å². The van der Waals surface area contributed by atoms with E-state index in [9.17, 15) is 0 Å². The Bertz CT molecular complexity index is 378. The SMILES string of the molecule is CN(C)CCC1(N)N=CN=C2N=CN=C21. The molecule has 0 spiro atoms. The van der Waals surface area contributed by atoms with Gasteiger partial charge in [0.05, 0.1) is 0 Å². The first-order chi connectivity index (χ1) is 7.12. The summed E-state index contributed by atoms with van der Waals surface area (Å²) in [6, 6.07) is 0. The van der Waals surface area contributed by atoms with Crippen molar-refractivity contribution in [3.05, 3.63) is 0 Å². The number of rotatable bonds is 3. The minimum Gasteiger partial charge on any atom is -0.309 e. The molecule has 1 unspecified atom stereocenters. The quantitative estimate of drug-likeness (QED) is 0.676. The van der Waals surface area contributed by atoms with E-state index < -0.39 is 5.66 Å². The van der Waals surface area contributed by atoms with Crippen LogP contribution in [0.5, 0.6) is 0 Å². The second-order valence-corrected chi connectivity index (χ2v) is 3.90. The van der Waals surface area contributed by atoms with Crippen molar-refractivity contribution in [2.75, 3.05) is 20.6 Å². The van der Waals surface area contributed by atoms with Crippen LogP contribution in [0.3, 0.4) is 0 Å². The van der Waals surface area contributed by atoms with E-state index in [1.807, 2.05) is 14.1 Å². The van der Waals surface area contributed by atoms with E-state index in [1.165, 1.54) is 12.7 Å². The molecule has 0 aromatic carbocycles. The standard InChI is InChI=1S/C9H14N6/c1-15(2)4-3-9(10)7-8(12-5-11-7)13-6-14-9/h5-6H,3-4,10H2,1-2H3. The molecule has 80 valence electrons. The molecule has 2 aliphatic rings. The fourth-order valence-electron chi connectivity index (χ4n) is 1.48. The summed E-state index contributed by atoms with van der Waals surface area (Å²) >= 11 is 0. The van der Waals surface area contributed by atoms with Crippen molar-refractivity contribution in [2.24, 2.45) is 25.7 Å². The summed E-state index contributed by atoms with van der Waals surface area (Å²) in [6.07, 6.45) is 3.64. The summed E-state index contributed by atoms with van der Waals surface area (Å²) in [6.45, 7) is 0.847. The fraction of sp³-hybridized carbons (Fsp3) is 0.556. The van der Waals surface area contributed by atoms with Crippen LogP contribution in [-0.4, -0.2) is 55.4 Å². The van der Waals surface area contributed by atoms with Crippen LogP contribution in [0.4, 0.5) is 0 Å². The first-order valence-corrected chi connectivity index (χ1v) is 4.78. The maximum Gasteiger partial charge on any atom is 0.180 e. The lowest BCUT2D eigenvalue weighted by molar-refractivity contribution is 0.364. The minimum atomic E-state index is -0.766. The number of aliphatic imine (C=N–C) groups is 4. The molecular weight excluding hydrogens is 192 g/mol. The van der Waals surface area contributed by atoms with E-state index in [0.29, 0.717) is 18.0 Å². The summed E-state index contributed by atoms with van der Waals surface area (Å²) < 4.78 is 0. The predicted octanol–water partition coefficient (Wildman–Crippen LogP) is -0.484. The monoisotopic (exact) mass is 206 g/mol. The van der Waals surface area contributed by atoms with Gasteiger partial charge >= 0.3 is 0 Å². The Kier molecular flexibility index (Phi) is 2.45. The van der Waals surface area contributed by atoms with Gasteiger partial charge in [-0.15, -0.1) is 0 Å². The van der Waals surface area contributed by atoms with Crippen LogP contribution in [0.2, 0.25) is 0 Å². The van der Waals surface area contributed by atoms with Crippen molar-refractivity contribution in [3.8, 4) is 0 Å². The average molecular weight is 206 g/mol. The molecular formula is C9H14N6. The number of nitrogens with zero attached hydrogens (tertiary/aromatic N) is 5. The van der Waals surface area contributed by atoms with Crippen LogP contribution < -0.4 is 5.73 Å². The Labute approximate surface area is 88.3 Å². The molecule has 0 fully saturated rings. The molecule has 2 rings (SSSR count). The van der Waals surface area contributed by atoms with Gasteiger partial charge in [0.1, 0.15) is 18.4 Å². The maximum absolute atomic E-state index is 6.18. The van der Waals surface area contributed by atoms with Crippen LogP contribution >= 0.6 is 0 Å². The van der Waals surface area contributed by atoms with Crippen LogP contribution in [0, 0.1) is 0 Å². The zero-order valence-corrected chi connectivity index (χ0v) is 8.88. The molecule has 1 atom stereocenters. The number of hydrogen-bond acceptors (Lipinski definition) is 6. The van der Waals surface area contributed by atoms with Crippen LogP contribution in [0.15, 0.2) is 20.0 Å². The molecule has 15 heavy (non-hydrogen) atoms. The molecule has 0 saturated heterocycles. The Balaban J connectivity index is 2.16. The van der Waals surface area contributed by atoms with Gasteiger partial charge in [0.2, 0.25) is 0 Å². The fourth-order valence-corrected chi connectivity index (χ4v) is 1.48. The summed E-state index contributed by atoms with van der Waals surface area (Å²) in [7, 11) is 4.00. The highest BCUT2D eigenvalue weighted by atomic mass is 15.2. The lowest BCUT2D eigenvalue weighted by Crippen LogP contribution is -2.51. The Hall–Kier alpha value is -1.40. The average Bonchev–Trinajstić information content (AvgIpc) is 2.65. The van der Waals surface area contributed by atoms with E-state index in [-0.39, 0.29) is 0 Å².